The maximum absolute atomic E-state index is 12.9. The van der Waals surface area contributed by atoms with Crippen molar-refractivity contribution >= 4 is 17.9 Å². The average Bonchev–Trinajstić information content (AvgIpc) is 3.43. The van der Waals surface area contributed by atoms with E-state index in [1.54, 1.807) is 0 Å². The molecule has 0 spiro atoms. The largest absolute Gasteiger partial charge is 0.462 e. The van der Waals surface area contributed by atoms with Crippen LogP contribution >= 0.6 is 0 Å². The molecule has 6 heteroatoms. The highest BCUT2D eigenvalue weighted by Crippen LogP contribution is 2.17. The van der Waals surface area contributed by atoms with Gasteiger partial charge in [-0.1, -0.05) is 291 Å². The molecule has 0 fully saturated rings. The summed E-state index contributed by atoms with van der Waals surface area (Å²) in [7, 11) is 0. The lowest BCUT2D eigenvalue weighted by atomic mass is 10.0. The van der Waals surface area contributed by atoms with Crippen LogP contribution in [0.3, 0.4) is 0 Å². The third-order valence-electron chi connectivity index (χ3n) is 13.8. The predicted octanol–water partition coefficient (Wildman–Crippen LogP) is 22.2. The van der Waals surface area contributed by atoms with Gasteiger partial charge in [-0.05, 0) is 103 Å². The Kier molecular flexibility index (Phi) is 61.3. The fraction of sp³-hybridized carbons (Fsp3) is 0.704. The first kappa shape index (κ1) is 73.1. The molecule has 0 aliphatic heterocycles. The van der Waals surface area contributed by atoms with Crippen molar-refractivity contribution in [3.05, 3.63) is 109 Å². The van der Waals surface area contributed by atoms with Gasteiger partial charge in [0, 0.05) is 19.3 Å². The van der Waals surface area contributed by atoms with Crippen molar-refractivity contribution in [1.29, 1.82) is 0 Å². The Hall–Kier alpha value is -3.93. The molecule has 0 bridgehead atoms. The Morgan fingerprint density at radius 1 is 0.273 bits per heavy atom. The number of carbonyl (C=O) groups is 3. The van der Waals surface area contributed by atoms with Crippen molar-refractivity contribution in [2.24, 2.45) is 0 Å². The molecule has 440 valence electrons. The number of ether oxygens (including phenoxy) is 3. The minimum atomic E-state index is -0.799. The lowest BCUT2D eigenvalue weighted by molar-refractivity contribution is -0.167. The molecule has 0 aliphatic carbocycles. The number of esters is 3. The second-order valence-electron chi connectivity index (χ2n) is 21.3. The van der Waals surface area contributed by atoms with Gasteiger partial charge >= 0.3 is 17.9 Å². The van der Waals surface area contributed by atoms with Gasteiger partial charge in [-0.2, -0.15) is 0 Å². The molecule has 0 rings (SSSR count). The zero-order chi connectivity index (χ0) is 55.7. The number of hydrogen-bond acceptors (Lipinski definition) is 6. The van der Waals surface area contributed by atoms with E-state index in [1.165, 1.54) is 148 Å². The highest BCUT2D eigenvalue weighted by molar-refractivity contribution is 5.71. The van der Waals surface area contributed by atoms with E-state index in [1.807, 2.05) is 0 Å². The Bertz CT molecular complexity index is 1560. The fourth-order valence-electron chi connectivity index (χ4n) is 8.99. The smallest absolute Gasteiger partial charge is 0.306 e. The summed E-state index contributed by atoms with van der Waals surface area (Å²) in [5, 5.41) is 0. The van der Waals surface area contributed by atoms with Crippen LogP contribution in [0.4, 0.5) is 0 Å². The molecule has 0 aromatic carbocycles. The van der Waals surface area contributed by atoms with Crippen LogP contribution in [-0.4, -0.2) is 37.2 Å². The highest BCUT2D eigenvalue weighted by atomic mass is 16.6. The molecule has 6 nitrogen and oxygen atoms in total. The van der Waals surface area contributed by atoms with E-state index < -0.39 is 6.10 Å². The molecule has 0 N–H and O–H groups in total. The quantitative estimate of drug-likeness (QED) is 0.0261. The van der Waals surface area contributed by atoms with Crippen molar-refractivity contribution < 1.29 is 28.6 Å². The summed E-state index contributed by atoms with van der Waals surface area (Å²) < 4.78 is 16.9. The molecular weight excluding hydrogens is 949 g/mol. The number of allylic oxidation sites excluding steroid dienone is 18. The summed E-state index contributed by atoms with van der Waals surface area (Å²) in [5.41, 5.74) is 0. The normalized spacial score (nSPS) is 12.8. The average molecular weight is 1070 g/mol. The van der Waals surface area contributed by atoms with Gasteiger partial charge in [0.2, 0.25) is 0 Å². The van der Waals surface area contributed by atoms with E-state index in [4.69, 9.17) is 14.2 Å². The van der Waals surface area contributed by atoms with Crippen molar-refractivity contribution in [2.75, 3.05) is 13.2 Å². The first-order valence-electron chi connectivity index (χ1n) is 32.4. The number of carbonyl (C=O) groups excluding carboxylic acids is 3. The van der Waals surface area contributed by atoms with E-state index in [0.29, 0.717) is 19.3 Å². The number of rotatable bonds is 58. The van der Waals surface area contributed by atoms with E-state index >= 15 is 0 Å². The first-order valence-corrected chi connectivity index (χ1v) is 32.4. The molecule has 0 aromatic heterocycles. The molecule has 0 amide bonds. The SMILES string of the molecule is CC/C=C\C/C=C\C/C=C\C/C=C\C/C=C\CCCCCCCCCCCCCCCCCC(=O)OCC(COC(=O)CCCCCCCCCCCCCCC)OC(=O)CCCC/C=C\C/C=C\C/C=C\C/C=C\CC. The predicted molar refractivity (Wildman–Crippen MR) is 334 cm³/mol. The van der Waals surface area contributed by atoms with Crippen LogP contribution < -0.4 is 0 Å². The van der Waals surface area contributed by atoms with Gasteiger partial charge in [-0.25, -0.2) is 0 Å². The van der Waals surface area contributed by atoms with Crippen LogP contribution in [0.5, 0.6) is 0 Å². The Labute approximate surface area is 476 Å². The van der Waals surface area contributed by atoms with Gasteiger partial charge < -0.3 is 14.2 Å². The van der Waals surface area contributed by atoms with Gasteiger partial charge in [-0.15, -0.1) is 0 Å². The summed E-state index contributed by atoms with van der Waals surface area (Å²) >= 11 is 0. The summed E-state index contributed by atoms with van der Waals surface area (Å²) in [6, 6.07) is 0. The minimum absolute atomic E-state index is 0.0915. The third kappa shape index (κ3) is 62.8. The summed E-state index contributed by atoms with van der Waals surface area (Å²) in [6.07, 6.45) is 88.2. The zero-order valence-corrected chi connectivity index (χ0v) is 50.4. The summed E-state index contributed by atoms with van der Waals surface area (Å²) in [6.45, 7) is 6.40. The number of hydrogen-bond donors (Lipinski definition) is 0. The monoisotopic (exact) mass is 1070 g/mol. The Morgan fingerprint density at radius 2 is 0.506 bits per heavy atom. The topological polar surface area (TPSA) is 78.9 Å². The van der Waals surface area contributed by atoms with Crippen molar-refractivity contribution in [3.63, 3.8) is 0 Å². The van der Waals surface area contributed by atoms with Crippen LogP contribution in [0, 0.1) is 0 Å². The molecule has 0 aromatic rings. The molecule has 0 radical (unpaired) electrons. The van der Waals surface area contributed by atoms with Crippen LogP contribution in [-0.2, 0) is 28.6 Å². The van der Waals surface area contributed by atoms with Crippen molar-refractivity contribution in [1.82, 2.24) is 0 Å². The second-order valence-corrected chi connectivity index (χ2v) is 21.3. The van der Waals surface area contributed by atoms with Gasteiger partial charge in [0.25, 0.3) is 0 Å². The molecule has 1 atom stereocenters. The van der Waals surface area contributed by atoms with Crippen molar-refractivity contribution in [3.8, 4) is 0 Å². The summed E-state index contributed by atoms with van der Waals surface area (Å²) in [5.74, 6) is -0.925. The van der Waals surface area contributed by atoms with Gasteiger partial charge in [0.05, 0.1) is 0 Å². The maximum atomic E-state index is 12.9. The van der Waals surface area contributed by atoms with Gasteiger partial charge in [0.15, 0.2) is 6.10 Å². The first-order chi connectivity index (χ1) is 38.0. The zero-order valence-electron chi connectivity index (χ0n) is 50.4. The van der Waals surface area contributed by atoms with Crippen LogP contribution in [0.2, 0.25) is 0 Å². The summed E-state index contributed by atoms with van der Waals surface area (Å²) in [4.78, 5) is 38.2. The molecule has 77 heavy (non-hydrogen) atoms. The second kappa shape index (κ2) is 64.6. The molecular formula is C71H120O6. The molecule has 1 unspecified atom stereocenters. The van der Waals surface area contributed by atoms with Crippen LogP contribution in [0.1, 0.15) is 303 Å². The Morgan fingerprint density at radius 3 is 0.818 bits per heavy atom. The van der Waals surface area contributed by atoms with E-state index in [2.05, 4.69) is 130 Å². The number of unbranched alkanes of at least 4 members (excludes halogenated alkanes) is 29. The standard InChI is InChI=1S/C71H120O6/c1-4-7-10-13-16-19-22-25-27-28-29-30-31-32-33-34-35-36-37-38-39-40-41-42-44-46-49-52-55-58-61-64-70(73)76-67-68(66-75-69(72)63-60-57-54-51-48-45-24-21-18-15-12-9-6-3)77-71(74)65-62-59-56-53-50-47-43-26-23-20-17-14-11-8-5-2/h7-8,10-11,16-17,19-20,25-27,29-30,32-33,43,50,53,68H,4-6,9,12-15,18,21-24,28,31,34-42,44-49,51-52,54-67H2,1-3H3/b10-7-,11-8-,19-16-,20-17-,27-25-,30-29-,33-32-,43-26-,53-50-. The van der Waals surface area contributed by atoms with E-state index in [9.17, 15) is 14.4 Å². The lowest BCUT2D eigenvalue weighted by Crippen LogP contribution is -2.30. The fourth-order valence-corrected chi connectivity index (χ4v) is 8.99. The van der Waals surface area contributed by atoms with Crippen LogP contribution in [0.15, 0.2) is 109 Å². The van der Waals surface area contributed by atoms with Crippen molar-refractivity contribution in [2.45, 2.75) is 309 Å². The molecule has 0 saturated carbocycles. The molecule has 0 saturated heterocycles. The van der Waals surface area contributed by atoms with Gasteiger partial charge in [-0.3, -0.25) is 14.4 Å². The van der Waals surface area contributed by atoms with Gasteiger partial charge in [0.1, 0.15) is 13.2 Å². The maximum Gasteiger partial charge on any atom is 0.306 e. The van der Waals surface area contributed by atoms with E-state index in [0.717, 1.165) is 109 Å². The molecule has 0 aliphatic rings. The lowest BCUT2D eigenvalue weighted by Gasteiger charge is -2.18. The van der Waals surface area contributed by atoms with Crippen LogP contribution in [0.25, 0.3) is 0 Å². The minimum Gasteiger partial charge on any atom is -0.462 e. The highest BCUT2D eigenvalue weighted by Gasteiger charge is 2.19. The third-order valence-corrected chi connectivity index (χ3v) is 13.8. The van der Waals surface area contributed by atoms with E-state index in [-0.39, 0.29) is 37.5 Å². The Balaban J connectivity index is 4.22. The molecule has 0 heterocycles.